The van der Waals surface area contributed by atoms with Gasteiger partial charge in [0.2, 0.25) is 0 Å². The first-order valence-electron chi connectivity index (χ1n) is 6.01. The molecule has 1 unspecified atom stereocenters. The summed E-state index contributed by atoms with van der Waals surface area (Å²) in [5, 5.41) is 15.7. The molecule has 1 fully saturated rings. The number of morpholine rings is 1. The van der Waals surface area contributed by atoms with Gasteiger partial charge in [0.05, 0.1) is 12.3 Å². The maximum Gasteiger partial charge on any atom is 0.254 e. The lowest BCUT2D eigenvalue weighted by Crippen LogP contribution is -2.45. The maximum absolute atomic E-state index is 12.0. The lowest BCUT2D eigenvalue weighted by atomic mass is 10.1. The highest BCUT2D eigenvalue weighted by Gasteiger charge is 2.22. The van der Waals surface area contributed by atoms with E-state index in [0.717, 1.165) is 17.7 Å². The highest BCUT2D eigenvalue weighted by Crippen LogP contribution is 2.28. The Labute approximate surface area is 106 Å². The fourth-order valence-electron chi connectivity index (χ4n) is 2.00. The van der Waals surface area contributed by atoms with E-state index < -0.39 is 6.10 Å². The first kappa shape index (κ1) is 12.9. The highest BCUT2D eigenvalue weighted by atomic mass is 16.5. The van der Waals surface area contributed by atoms with Crippen molar-refractivity contribution < 1.29 is 14.6 Å². The zero-order chi connectivity index (χ0) is 13.1. The van der Waals surface area contributed by atoms with Crippen LogP contribution >= 0.6 is 0 Å². The van der Waals surface area contributed by atoms with E-state index in [2.05, 4.69) is 10.6 Å². The second-order valence-corrected chi connectivity index (χ2v) is 4.53. The van der Waals surface area contributed by atoms with Crippen molar-refractivity contribution in [1.82, 2.24) is 5.32 Å². The number of hydrogen-bond acceptors (Lipinski definition) is 4. The topological polar surface area (TPSA) is 70.6 Å². The summed E-state index contributed by atoms with van der Waals surface area (Å²) in [5.74, 6) is -0.125. The van der Waals surface area contributed by atoms with Gasteiger partial charge in [0.25, 0.3) is 5.91 Å². The van der Waals surface area contributed by atoms with E-state index >= 15 is 0 Å². The number of nitrogens with one attached hydrogen (secondary N) is 2. The number of hydrogen-bond donors (Lipinski definition) is 3. The van der Waals surface area contributed by atoms with E-state index in [-0.39, 0.29) is 11.7 Å². The first-order chi connectivity index (χ1) is 8.58. The Morgan fingerprint density at radius 3 is 2.94 bits per heavy atom. The molecule has 0 radical (unpaired) electrons. The molecule has 0 aromatic heterocycles. The molecule has 1 amide bonds. The third-order valence-electron chi connectivity index (χ3n) is 2.92. The molecule has 98 valence electrons. The monoisotopic (exact) mass is 250 g/mol. The number of benzene rings is 1. The summed E-state index contributed by atoms with van der Waals surface area (Å²) in [4.78, 5) is 12.0. The molecule has 5 heteroatoms. The summed E-state index contributed by atoms with van der Waals surface area (Å²) < 4.78 is 5.36. The van der Waals surface area contributed by atoms with Crippen molar-refractivity contribution in [2.45, 2.75) is 20.0 Å². The largest absolute Gasteiger partial charge is 0.505 e. The number of ether oxygens (including phenoxy) is 1. The molecule has 0 bridgehead atoms. The van der Waals surface area contributed by atoms with Crippen LogP contribution in [0.15, 0.2) is 12.1 Å². The minimum absolute atomic E-state index is 0.109. The number of amides is 1. The number of phenolic OH excluding ortho intramolecular Hbond substituents is 1. The quantitative estimate of drug-likeness (QED) is 0.683. The van der Waals surface area contributed by atoms with E-state index in [0.29, 0.717) is 18.8 Å². The number of anilines is 1. The molecule has 1 heterocycles. The number of aromatic hydroxyl groups is 1. The van der Waals surface area contributed by atoms with Gasteiger partial charge < -0.3 is 20.5 Å². The lowest BCUT2D eigenvalue weighted by Gasteiger charge is -2.23. The smallest absolute Gasteiger partial charge is 0.254 e. The highest BCUT2D eigenvalue weighted by molar-refractivity contribution is 5.96. The van der Waals surface area contributed by atoms with Crippen molar-refractivity contribution in [1.29, 1.82) is 0 Å². The van der Waals surface area contributed by atoms with Crippen LogP contribution in [0.2, 0.25) is 0 Å². The molecule has 0 saturated carbocycles. The van der Waals surface area contributed by atoms with E-state index in [1.807, 2.05) is 13.0 Å². The van der Waals surface area contributed by atoms with Crippen LogP contribution in [0.3, 0.4) is 0 Å². The molecule has 1 saturated heterocycles. The van der Waals surface area contributed by atoms with Gasteiger partial charge in [-0.3, -0.25) is 4.79 Å². The molecule has 18 heavy (non-hydrogen) atoms. The van der Waals surface area contributed by atoms with Crippen LogP contribution in [0.25, 0.3) is 0 Å². The Kier molecular flexibility index (Phi) is 3.84. The maximum atomic E-state index is 12.0. The molecule has 2 rings (SSSR count). The van der Waals surface area contributed by atoms with E-state index in [9.17, 15) is 9.90 Å². The standard InChI is InChI=1S/C13H18N2O3/c1-8-5-9(2)12(16)10(6-8)15-13(17)11-7-14-3-4-18-11/h5-6,11,14,16H,3-4,7H2,1-2H3,(H,15,17). The summed E-state index contributed by atoms with van der Waals surface area (Å²) in [7, 11) is 0. The number of carbonyl (C=O) groups excluding carboxylic acids is 1. The Bertz CT molecular complexity index is 454. The SMILES string of the molecule is Cc1cc(C)c(O)c(NC(=O)C2CNCCO2)c1. The zero-order valence-corrected chi connectivity index (χ0v) is 10.6. The van der Waals surface area contributed by atoms with Crippen molar-refractivity contribution in [3.05, 3.63) is 23.3 Å². The van der Waals surface area contributed by atoms with Crippen molar-refractivity contribution in [2.24, 2.45) is 0 Å². The van der Waals surface area contributed by atoms with Crippen LogP contribution in [-0.4, -0.2) is 36.8 Å². The molecule has 1 aromatic carbocycles. The molecule has 3 N–H and O–H groups in total. The summed E-state index contributed by atoms with van der Waals surface area (Å²) in [6, 6.07) is 3.61. The fourth-order valence-corrected chi connectivity index (χ4v) is 2.00. The molecule has 1 aliphatic rings. The zero-order valence-electron chi connectivity index (χ0n) is 10.6. The minimum Gasteiger partial charge on any atom is -0.505 e. The molecule has 1 atom stereocenters. The minimum atomic E-state index is -0.501. The Morgan fingerprint density at radius 1 is 1.50 bits per heavy atom. The van der Waals surface area contributed by atoms with Crippen LogP contribution in [0.4, 0.5) is 5.69 Å². The summed E-state index contributed by atoms with van der Waals surface area (Å²) in [5.41, 5.74) is 2.17. The average Bonchev–Trinajstić information content (AvgIpc) is 2.36. The van der Waals surface area contributed by atoms with Gasteiger partial charge >= 0.3 is 0 Å². The molecule has 1 aliphatic heterocycles. The lowest BCUT2D eigenvalue weighted by molar-refractivity contribution is -0.128. The Morgan fingerprint density at radius 2 is 2.28 bits per heavy atom. The van der Waals surface area contributed by atoms with Crippen LogP contribution < -0.4 is 10.6 Å². The van der Waals surface area contributed by atoms with Gasteiger partial charge in [-0.1, -0.05) is 6.07 Å². The van der Waals surface area contributed by atoms with Gasteiger partial charge in [-0.25, -0.2) is 0 Å². The number of aryl methyl sites for hydroxylation is 2. The Hall–Kier alpha value is -1.59. The number of phenols is 1. The van der Waals surface area contributed by atoms with Gasteiger partial charge in [-0.15, -0.1) is 0 Å². The third kappa shape index (κ3) is 2.80. The molecule has 0 spiro atoms. The van der Waals surface area contributed by atoms with Gasteiger partial charge in [-0.2, -0.15) is 0 Å². The molecule has 1 aromatic rings. The van der Waals surface area contributed by atoms with Crippen LogP contribution in [0, 0.1) is 13.8 Å². The Balaban J connectivity index is 2.11. The molecule has 0 aliphatic carbocycles. The second kappa shape index (κ2) is 5.37. The van der Waals surface area contributed by atoms with Crippen molar-refractivity contribution in [2.75, 3.05) is 25.0 Å². The van der Waals surface area contributed by atoms with E-state index in [1.54, 1.807) is 13.0 Å². The predicted molar refractivity (Wildman–Crippen MR) is 68.8 cm³/mol. The summed E-state index contributed by atoms with van der Waals surface area (Å²) >= 11 is 0. The van der Waals surface area contributed by atoms with Crippen LogP contribution in [0.1, 0.15) is 11.1 Å². The van der Waals surface area contributed by atoms with Gasteiger partial charge in [0.15, 0.2) is 0 Å². The van der Waals surface area contributed by atoms with Crippen LogP contribution in [-0.2, 0) is 9.53 Å². The number of carbonyl (C=O) groups is 1. The van der Waals surface area contributed by atoms with Crippen molar-refractivity contribution >= 4 is 11.6 Å². The summed E-state index contributed by atoms with van der Waals surface area (Å²) in [6.07, 6.45) is -0.501. The van der Waals surface area contributed by atoms with Gasteiger partial charge in [-0.05, 0) is 31.0 Å². The van der Waals surface area contributed by atoms with E-state index in [4.69, 9.17) is 4.74 Å². The van der Waals surface area contributed by atoms with Gasteiger partial charge in [0.1, 0.15) is 11.9 Å². The van der Waals surface area contributed by atoms with Gasteiger partial charge in [0, 0.05) is 13.1 Å². The first-order valence-corrected chi connectivity index (χ1v) is 6.01. The fraction of sp³-hybridized carbons (Fsp3) is 0.462. The van der Waals surface area contributed by atoms with E-state index in [1.165, 1.54) is 0 Å². The molecule has 5 nitrogen and oxygen atoms in total. The average molecular weight is 250 g/mol. The third-order valence-corrected chi connectivity index (χ3v) is 2.92. The number of rotatable bonds is 2. The van der Waals surface area contributed by atoms with Crippen molar-refractivity contribution in [3.8, 4) is 5.75 Å². The summed E-state index contributed by atoms with van der Waals surface area (Å²) in [6.45, 7) is 5.50. The second-order valence-electron chi connectivity index (χ2n) is 4.53. The van der Waals surface area contributed by atoms with Crippen LogP contribution in [0.5, 0.6) is 5.75 Å². The molecular formula is C13H18N2O3. The predicted octanol–water partition coefficient (Wildman–Crippen LogP) is 0.936. The molecular weight excluding hydrogens is 232 g/mol. The van der Waals surface area contributed by atoms with Crippen molar-refractivity contribution in [3.63, 3.8) is 0 Å². The normalized spacial score (nSPS) is 19.6.